The highest BCUT2D eigenvalue weighted by molar-refractivity contribution is 5.98. The van der Waals surface area contributed by atoms with Crippen LogP contribution in [0.3, 0.4) is 0 Å². The smallest absolute Gasteiger partial charge is 0.335 e. The maximum atomic E-state index is 12.3. The van der Waals surface area contributed by atoms with E-state index in [4.69, 9.17) is 5.11 Å². The van der Waals surface area contributed by atoms with Crippen LogP contribution in [0.1, 0.15) is 52.9 Å². The van der Waals surface area contributed by atoms with Gasteiger partial charge in [-0.25, -0.2) is 4.79 Å². The van der Waals surface area contributed by atoms with Crippen LogP contribution >= 0.6 is 0 Å². The molecule has 0 aliphatic heterocycles. The number of pyridine rings is 1. The second kappa shape index (κ2) is 6.55. The first-order chi connectivity index (χ1) is 11.2. The minimum Gasteiger partial charge on any atom is -0.478 e. The molecule has 2 rings (SSSR count). The Balaban J connectivity index is 2.34. The quantitative estimate of drug-likeness (QED) is 0.657. The number of carboxylic acids is 1. The van der Waals surface area contributed by atoms with Crippen LogP contribution in [-0.2, 0) is 0 Å². The van der Waals surface area contributed by atoms with Crippen molar-refractivity contribution in [3.05, 3.63) is 69.1 Å². The van der Waals surface area contributed by atoms with Gasteiger partial charge in [0.1, 0.15) is 0 Å². The minimum absolute atomic E-state index is 0.172. The SMILES string of the molecule is CC(C)(C)C(=O)c1cc(=O)cc(C#Cc2ccc(C(=O)O)cc2)[nH]1. The van der Waals surface area contributed by atoms with E-state index < -0.39 is 11.4 Å². The number of aromatic nitrogens is 1. The molecule has 0 aliphatic rings. The predicted octanol–water partition coefficient (Wildman–Crippen LogP) is 2.70. The number of rotatable bonds is 2. The molecule has 0 spiro atoms. The fourth-order valence-electron chi connectivity index (χ4n) is 1.97. The van der Waals surface area contributed by atoms with Crippen molar-refractivity contribution in [1.29, 1.82) is 0 Å². The number of ketones is 1. The molecular formula is C19H17NO4. The molecule has 0 aliphatic carbocycles. The molecule has 0 saturated heterocycles. The summed E-state index contributed by atoms with van der Waals surface area (Å²) in [5.74, 6) is 4.45. The van der Waals surface area contributed by atoms with E-state index in [0.717, 1.165) is 0 Å². The van der Waals surface area contributed by atoms with Crippen molar-refractivity contribution in [2.45, 2.75) is 20.8 Å². The summed E-state index contributed by atoms with van der Waals surface area (Å²) < 4.78 is 0. The molecule has 0 bridgehead atoms. The van der Waals surface area contributed by atoms with E-state index in [0.29, 0.717) is 11.3 Å². The van der Waals surface area contributed by atoms with E-state index >= 15 is 0 Å². The van der Waals surface area contributed by atoms with Gasteiger partial charge >= 0.3 is 5.97 Å². The monoisotopic (exact) mass is 323 g/mol. The summed E-state index contributed by atoms with van der Waals surface area (Å²) in [5.41, 5.74) is 0.423. The molecule has 1 heterocycles. The lowest BCUT2D eigenvalue weighted by Crippen LogP contribution is -2.23. The summed E-state index contributed by atoms with van der Waals surface area (Å²) in [6.45, 7) is 5.32. The summed E-state index contributed by atoms with van der Waals surface area (Å²) in [5, 5.41) is 8.85. The number of nitrogens with one attached hydrogen (secondary N) is 1. The van der Waals surface area contributed by atoms with Crippen LogP contribution in [0.15, 0.2) is 41.2 Å². The van der Waals surface area contributed by atoms with Crippen LogP contribution in [0.2, 0.25) is 0 Å². The van der Waals surface area contributed by atoms with Crippen LogP contribution in [-0.4, -0.2) is 21.8 Å². The largest absolute Gasteiger partial charge is 0.478 e. The van der Waals surface area contributed by atoms with E-state index in [9.17, 15) is 14.4 Å². The lowest BCUT2D eigenvalue weighted by Gasteiger charge is -2.16. The van der Waals surface area contributed by atoms with E-state index in [-0.39, 0.29) is 22.5 Å². The summed E-state index contributed by atoms with van der Waals surface area (Å²) >= 11 is 0. The molecule has 2 N–H and O–H groups in total. The highest BCUT2D eigenvalue weighted by atomic mass is 16.4. The Kier molecular flexibility index (Phi) is 4.70. The fraction of sp³-hybridized carbons (Fsp3) is 0.211. The van der Waals surface area contributed by atoms with Crippen molar-refractivity contribution in [1.82, 2.24) is 4.98 Å². The summed E-state index contributed by atoms with van der Waals surface area (Å²) in [6.07, 6.45) is 0. The van der Waals surface area contributed by atoms with Crippen molar-refractivity contribution in [3.63, 3.8) is 0 Å². The summed E-state index contributed by atoms with van der Waals surface area (Å²) in [4.78, 5) is 37.7. The van der Waals surface area contributed by atoms with Crippen molar-refractivity contribution in [2.75, 3.05) is 0 Å². The first-order valence-corrected chi connectivity index (χ1v) is 7.31. The van der Waals surface area contributed by atoms with Crippen molar-refractivity contribution in [2.24, 2.45) is 5.41 Å². The molecule has 0 fully saturated rings. The normalized spacial score (nSPS) is 10.6. The molecule has 1 aromatic heterocycles. The third-order valence-corrected chi connectivity index (χ3v) is 3.24. The maximum absolute atomic E-state index is 12.3. The Morgan fingerprint density at radius 1 is 1.04 bits per heavy atom. The Labute approximate surface area is 139 Å². The van der Waals surface area contributed by atoms with Gasteiger partial charge in [0.2, 0.25) is 0 Å². The molecule has 0 saturated carbocycles. The minimum atomic E-state index is -1.01. The zero-order valence-corrected chi connectivity index (χ0v) is 13.6. The third-order valence-electron chi connectivity index (χ3n) is 3.24. The van der Waals surface area contributed by atoms with Gasteiger partial charge in [-0.15, -0.1) is 0 Å². The molecule has 0 unspecified atom stereocenters. The summed E-state index contributed by atoms with van der Waals surface area (Å²) in [7, 11) is 0. The number of carbonyl (C=O) groups is 2. The van der Waals surface area contributed by atoms with Gasteiger partial charge in [-0.05, 0) is 30.2 Å². The lowest BCUT2D eigenvalue weighted by atomic mass is 9.88. The molecule has 1 aromatic carbocycles. The number of hydrogen-bond donors (Lipinski definition) is 2. The van der Waals surface area contributed by atoms with Crippen LogP contribution in [0.5, 0.6) is 0 Å². The number of carboxylic acid groups (broad SMARTS) is 1. The van der Waals surface area contributed by atoms with Crippen molar-refractivity contribution >= 4 is 11.8 Å². The van der Waals surface area contributed by atoms with E-state index in [1.54, 1.807) is 32.9 Å². The van der Waals surface area contributed by atoms with Crippen molar-refractivity contribution < 1.29 is 14.7 Å². The average Bonchev–Trinajstić information content (AvgIpc) is 2.51. The zero-order chi connectivity index (χ0) is 17.9. The molecule has 24 heavy (non-hydrogen) atoms. The van der Waals surface area contributed by atoms with Gasteiger partial charge in [-0.3, -0.25) is 9.59 Å². The number of aromatic amines is 1. The van der Waals surface area contributed by atoms with E-state index in [2.05, 4.69) is 16.8 Å². The lowest BCUT2D eigenvalue weighted by molar-refractivity contribution is 0.0696. The molecule has 5 heteroatoms. The van der Waals surface area contributed by atoms with Crippen LogP contribution in [0.25, 0.3) is 0 Å². The Bertz CT molecular complexity index is 903. The van der Waals surface area contributed by atoms with Gasteiger partial charge in [-0.2, -0.15) is 0 Å². The van der Waals surface area contributed by atoms with Crippen LogP contribution < -0.4 is 5.43 Å². The van der Waals surface area contributed by atoms with Gasteiger partial charge in [-0.1, -0.05) is 26.7 Å². The standard InChI is InChI=1S/C19H17NO4/c1-19(2,3)17(22)16-11-15(21)10-14(20-16)9-6-12-4-7-13(8-5-12)18(23)24/h4-5,7-8,10-11H,1-3H3,(H,20,21)(H,23,24). The molecule has 2 aromatic rings. The molecule has 5 nitrogen and oxygen atoms in total. The first-order valence-electron chi connectivity index (χ1n) is 7.31. The molecular weight excluding hydrogens is 306 g/mol. The second-order valence-corrected chi connectivity index (χ2v) is 6.36. The van der Waals surface area contributed by atoms with Gasteiger partial charge < -0.3 is 10.1 Å². The van der Waals surface area contributed by atoms with Gasteiger partial charge in [0.05, 0.1) is 17.0 Å². The summed E-state index contributed by atoms with van der Waals surface area (Å²) in [6, 6.07) is 8.65. The number of benzene rings is 1. The maximum Gasteiger partial charge on any atom is 0.335 e. The van der Waals surface area contributed by atoms with Crippen LogP contribution in [0.4, 0.5) is 0 Å². The zero-order valence-electron chi connectivity index (χ0n) is 13.6. The predicted molar refractivity (Wildman–Crippen MR) is 90.2 cm³/mol. The number of H-pyrrole nitrogens is 1. The second-order valence-electron chi connectivity index (χ2n) is 6.36. The Morgan fingerprint density at radius 3 is 2.21 bits per heavy atom. The molecule has 0 atom stereocenters. The number of Topliss-reactive ketones (excluding diaryl/α,β-unsaturated/α-hetero) is 1. The number of aromatic carboxylic acids is 1. The topological polar surface area (TPSA) is 87.2 Å². The first kappa shape index (κ1) is 17.2. The highest BCUT2D eigenvalue weighted by Crippen LogP contribution is 2.18. The average molecular weight is 323 g/mol. The van der Waals surface area contributed by atoms with Gasteiger partial charge in [0, 0.05) is 23.1 Å². The van der Waals surface area contributed by atoms with Crippen molar-refractivity contribution in [3.8, 4) is 11.8 Å². The Morgan fingerprint density at radius 2 is 1.67 bits per heavy atom. The number of hydrogen-bond acceptors (Lipinski definition) is 3. The molecule has 0 radical (unpaired) electrons. The number of carbonyl (C=O) groups excluding carboxylic acids is 1. The third kappa shape index (κ3) is 4.20. The Hall–Kier alpha value is -3.13. The van der Waals surface area contributed by atoms with Crippen LogP contribution in [0, 0.1) is 17.3 Å². The fourth-order valence-corrected chi connectivity index (χ4v) is 1.97. The van der Waals surface area contributed by atoms with Gasteiger partial charge in [0.15, 0.2) is 11.2 Å². The van der Waals surface area contributed by atoms with Gasteiger partial charge in [0.25, 0.3) is 0 Å². The van der Waals surface area contributed by atoms with E-state index in [1.807, 2.05) is 0 Å². The van der Waals surface area contributed by atoms with E-state index in [1.165, 1.54) is 24.3 Å². The highest BCUT2D eigenvalue weighted by Gasteiger charge is 2.23. The molecule has 122 valence electrons. The molecule has 0 amide bonds.